The maximum Gasteiger partial charge on any atom is 0.471 e. The van der Waals surface area contributed by atoms with Gasteiger partial charge in [-0.2, -0.15) is 13.2 Å². The molecule has 0 spiro atoms. The first kappa shape index (κ1) is 20.8. The third kappa shape index (κ3) is 4.57. The Kier molecular flexibility index (Phi) is 6.01. The summed E-state index contributed by atoms with van der Waals surface area (Å²) in [4.78, 5) is 27.3. The molecule has 3 rings (SSSR count). The maximum absolute atomic E-state index is 12.7. The second-order valence-corrected chi connectivity index (χ2v) is 6.13. The van der Waals surface area contributed by atoms with Crippen LogP contribution in [0, 0.1) is 0 Å². The average Bonchev–Trinajstić information content (AvgIpc) is 3.19. The van der Waals surface area contributed by atoms with Crippen LogP contribution in [0.15, 0.2) is 73.1 Å². The Bertz CT molecular complexity index is 1090. The molecule has 1 heterocycles. The number of imidazole rings is 1. The molecule has 30 heavy (non-hydrogen) atoms. The number of anilines is 1. The van der Waals surface area contributed by atoms with Gasteiger partial charge >= 0.3 is 12.1 Å². The Morgan fingerprint density at radius 1 is 1.03 bits per heavy atom. The van der Waals surface area contributed by atoms with E-state index in [4.69, 9.17) is 0 Å². The fourth-order valence-corrected chi connectivity index (χ4v) is 2.81. The third-order valence-corrected chi connectivity index (χ3v) is 4.18. The van der Waals surface area contributed by atoms with E-state index in [2.05, 4.69) is 10.3 Å². The number of nitrogens with zero attached hydrogens (tertiary/aromatic N) is 2. The smallest absolute Gasteiger partial charge is 0.356 e. The predicted octanol–water partition coefficient (Wildman–Crippen LogP) is 3.55. The minimum Gasteiger partial charge on any atom is -0.356 e. The molecule has 0 unspecified atom stereocenters. The van der Waals surface area contributed by atoms with Crippen LogP contribution >= 0.6 is 0 Å². The molecule has 6 nitrogen and oxygen atoms in total. The molecular weight excluding hydrogens is 397 g/mol. The molecule has 2 amide bonds. The standard InChI is InChI=1S/C21H17F3N4O2/c1-25-18(29)13-16(14-7-3-2-4-8-14)15-9-5-6-10-17(15)28-12-11-26-20(28)27-19(30)21(22,23)24/h2-13H,1H3,(H,25,29)(H,26,27,30)/b16-13+. The topological polar surface area (TPSA) is 76.0 Å². The Hall–Kier alpha value is -3.88. The molecule has 0 saturated carbocycles. The van der Waals surface area contributed by atoms with Crippen molar-refractivity contribution in [3.8, 4) is 5.69 Å². The van der Waals surface area contributed by atoms with Crippen molar-refractivity contribution in [2.75, 3.05) is 12.4 Å². The fourth-order valence-electron chi connectivity index (χ4n) is 2.81. The number of alkyl halides is 3. The van der Waals surface area contributed by atoms with E-state index in [9.17, 15) is 22.8 Å². The van der Waals surface area contributed by atoms with Gasteiger partial charge in [-0.3, -0.25) is 19.5 Å². The summed E-state index contributed by atoms with van der Waals surface area (Å²) in [6.07, 6.45) is -0.954. The lowest BCUT2D eigenvalue weighted by Gasteiger charge is -2.16. The van der Waals surface area contributed by atoms with Gasteiger partial charge in [-0.1, -0.05) is 48.5 Å². The zero-order valence-corrected chi connectivity index (χ0v) is 15.8. The summed E-state index contributed by atoms with van der Waals surface area (Å²) < 4.78 is 39.4. The quantitative estimate of drug-likeness (QED) is 0.627. The number of hydrogen-bond acceptors (Lipinski definition) is 3. The number of carbonyl (C=O) groups is 2. The zero-order valence-electron chi connectivity index (χ0n) is 15.8. The van der Waals surface area contributed by atoms with Crippen molar-refractivity contribution in [1.29, 1.82) is 0 Å². The minimum absolute atomic E-state index is 0.294. The van der Waals surface area contributed by atoms with E-state index in [-0.39, 0.29) is 11.9 Å². The Balaban J connectivity index is 2.13. The number of hydrogen-bond donors (Lipinski definition) is 2. The summed E-state index contributed by atoms with van der Waals surface area (Å²) >= 11 is 0. The van der Waals surface area contributed by atoms with Crippen LogP contribution in [-0.4, -0.2) is 34.6 Å². The molecule has 0 aliphatic carbocycles. The SMILES string of the molecule is CNC(=O)/C=C(\c1ccccc1)c1ccccc1-n1ccnc1NC(=O)C(F)(F)F. The lowest BCUT2D eigenvalue weighted by Crippen LogP contribution is -2.31. The molecule has 154 valence electrons. The Labute approximate surface area is 170 Å². The van der Waals surface area contributed by atoms with Gasteiger partial charge in [0.2, 0.25) is 11.9 Å². The second kappa shape index (κ2) is 8.64. The van der Waals surface area contributed by atoms with Gasteiger partial charge in [-0.15, -0.1) is 0 Å². The van der Waals surface area contributed by atoms with Crippen molar-refractivity contribution in [2.45, 2.75) is 6.18 Å². The van der Waals surface area contributed by atoms with E-state index in [0.29, 0.717) is 16.8 Å². The van der Waals surface area contributed by atoms with Crippen LogP contribution in [0.4, 0.5) is 19.1 Å². The summed E-state index contributed by atoms with van der Waals surface area (Å²) in [7, 11) is 1.49. The molecule has 0 aliphatic rings. The van der Waals surface area contributed by atoms with Crippen LogP contribution in [0.5, 0.6) is 0 Å². The average molecular weight is 414 g/mol. The van der Waals surface area contributed by atoms with E-state index >= 15 is 0 Å². The minimum atomic E-state index is -5.05. The molecule has 3 aromatic rings. The molecule has 0 radical (unpaired) electrons. The van der Waals surface area contributed by atoms with E-state index in [0.717, 1.165) is 5.56 Å². The Morgan fingerprint density at radius 3 is 2.37 bits per heavy atom. The van der Waals surface area contributed by atoms with Gasteiger partial charge in [0.25, 0.3) is 0 Å². The van der Waals surface area contributed by atoms with Gasteiger partial charge in [-0.05, 0) is 17.2 Å². The van der Waals surface area contributed by atoms with Crippen LogP contribution in [-0.2, 0) is 9.59 Å². The van der Waals surface area contributed by atoms with Gasteiger partial charge in [0.1, 0.15) is 0 Å². The first-order valence-corrected chi connectivity index (χ1v) is 8.81. The van der Waals surface area contributed by atoms with Crippen LogP contribution in [0.3, 0.4) is 0 Å². The third-order valence-electron chi connectivity index (χ3n) is 4.18. The van der Waals surface area contributed by atoms with Gasteiger partial charge in [-0.25, -0.2) is 4.98 Å². The first-order chi connectivity index (χ1) is 14.3. The monoisotopic (exact) mass is 414 g/mol. The van der Waals surface area contributed by atoms with Crippen LogP contribution < -0.4 is 10.6 Å². The van der Waals surface area contributed by atoms with Crippen molar-refractivity contribution in [1.82, 2.24) is 14.9 Å². The summed E-state index contributed by atoms with van der Waals surface area (Å²) in [5, 5.41) is 4.30. The molecule has 2 N–H and O–H groups in total. The summed E-state index contributed by atoms with van der Waals surface area (Å²) in [6, 6.07) is 15.9. The number of benzene rings is 2. The number of likely N-dealkylation sites (N-methyl/N-ethyl adjacent to an activating group) is 1. The van der Waals surface area contributed by atoms with Crippen LogP contribution in [0.2, 0.25) is 0 Å². The highest BCUT2D eigenvalue weighted by Crippen LogP contribution is 2.30. The number of para-hydroxylation sites is 1. The summed E-state index contributed by atoms with van der Waals surface area (Å²) in [5.41, 5.74) is 2.28. The molecule has 0 atom stereocenters. The van der Waals surface area contributed by atoms with Gasteiger partial charge in [0.05, 0.1) is 5.69 Å². The van der Waals surface area contributed by atoms with Crippen molar-refractivity contribution in [3.63, 3.8) is 0 Å². The molecular formula is C21H17F3N4O2. The second-order valence-electron chi connectivity index (χ2n) is 6.13. The van der Waals surface area contributed by atoms with Crippen molar-refractivity contribution in [3.05, 3.63) is 84.2 Å². The van der Waals surface area contributed by atoms with Gasteiger partial charge < -0.3 is 5.32 Å². The van der Waals surface area contributed by atoms with E-state index in [1.54, 1.807) is 29.6 Å². The molecule has 2 aromatic carbocycles. The highest BCUT2D eigenvalue weighted by molar-refractivity contribution is 6.00. The van der Waals surface area contributed by atoms with Crippen molar-refractivity contribution in [2.24, 2.45) is 0 Å². The predicted molar refractivity (Wildman–Crippen MR) is 106 cm³/mol. The fraction of sp³-hybridized carbons (Fsp3) is 0.0952. The number of amides is 2. The summed E-state index contributed by atoms with van der Waals surface area (Å²) in [6.45, 7) is 0. The maximum atomic E-state index is 12.7. The molecule has 9 heteroatoms. The number of nitrogens with one attached hydrogen (secondary N) is 2. The van der Waals surface area contributed by atoms with Gasteiger partial charge in [0.15, 0.2) is 0 Å². The van der Waals surface area contributed by atoms with E-state index in [1.165, 1.54) is 30.1 Å². The van der Waals surface area contributed by atoms with E-state index in [1.807, 2.05) is 30.3 Å². The lowest BCUT2D eigenvalue weighted by atomic mass is 9.95. The highest BCUT2D eigenvalue weighted by Gasteiger charge is 2.39. The first-order valence-electron chi connectivity index (χ1n) is 8.81. The Morgan fingerprint density at radius 2 is 1.70 bits per heavy atom. The van der Waals surface area contributed by atoms with Crippen LogP contribution in [0.25, 0.3) is 11.3 Å². The zero-order chi connectivity index (χ0) is 21.7. The molecule has 1 aromatic heterocycles. The normalized spacial score (nSPS) is 11.8. The number of carbonyl (C=O) groups excluding carboxylic acids is 2. The molecule has 0 saturated heterocycles. The number of aromatic nitrogens is 2. The molecule has 0 bridgehead atoms. The lowest BCUT2D eigenvalue weighted by molar-refractivity contribution is -0.167. The summed E-state index contributed by atoms with van der Waals surface area (Å²) in [5.74, 6) is -2.77. The molecule has 0 aliphatic heterocycles. The van der Waals surface area contributed by atoms with Crippen molar-refractivity contribution >= 4 is 23.3 Å². The van der Waals surface area contributed by atoms with E-state index < -0.39 is 12.1 Å². The van der Waals surface area contributed by atoms with Crippen LogP contribution in [0.1, 0.15) is 11.1 Å². The molecule has 0 fully saturated rings. The number of rotatable bonds is 5. The van der Waals surface area contributed by atoms with Gasteiger partial charge in [0, 0.05) is 31.1 Å². The highest BCUT2D eigenvalue weighted by atomic mass is 19.4. The van der Waals surface area contributed by atoms with Crippen molar-refractivity contribution < 1.29 is 22.8 Å². The largest absolute Gasteiger partial charge is 0.471 e. The number of halogens is 3.